The second kappa shape index (κ2) is 7.49. The highest BCUT2D eigenvalue weighted by Crippen LogP contribution is 2.28. The van der Waals surface area contributed by atoms with Gasteiger partial charge in [-0.25, -0.2) is 0 Å². The molecule has 0 fully saturated rings. The predicted molar refractivity (Wildman–Crippen MR) is 80.4 cm³/mol. The first-order valence-corrected chi connectivity index (χ1v) is 7.58. The average Bonchev–Trinajstić information content (AvgIpc) is 2.37. The molecule has 0 aliphatic carbocycles. The van der Waals surface area contributed by atoms with Crippen molar-refractivity contribution < 1.29 is 9.59 Å². The molecule has 0 aliphatic heterocycles. The quantitative estimate of drug-likeness (QED) is 0.707. The summed E-state index contributed by atoms with van der Waals surface area (Å²) in [5.74, 6) is 0.255. The zero-order valence-electron chi connectivity index (χ0n) is 12.1. The van der Waals surface area contributed by atoms with Crippen LogP contribution < -0.4 is 0 Å². The number of rotatable bonds is 7. The van der Waals surface area contributed by atoms with E-state index in [4.69, 9.17) is 0 Å². The van der Waals surface area contributed by atoms with Gasteiger partial charge in [0.25, 0.3) is 0 Å². The Hall–Kier alpha value is -1.09. The highest BCUT2D eigenvalue weighted by Gasteiger charge is 2.25. The minimum Gasteiger partial charge on any atom is -0.299 e. The number of hydrogen-bond donors (Lipinski definition) is 0. The van der Waals surface area contributed by atoms with E-state index in [2.05, 4.69) is 0 Å². The van der Waals surface area contributed by atoms with E-state index in [0.717, 1.165) is 4.90 Å². The molecule has 0 aliphatic rings. The van der Waals surface area contributed by atoms with Gasteiger partial charge in [-0.1, -0.05) is 45.9 Å². The van der Waals surface area contributed by atoms with Crippen molar-refractivity contribution in [1.82, 2.24) is 0 Å². The van der Waals surface area contributed by atoms with Crippen LogP contribution in [0.15, 0.2) is 35.2 Å². The molecular weight excluding hydrogens is 256 g/mol. The van der Waals surface area contributed by atoms with Gasteiger partial charge in [-0.15, -0.1) is 11.8 Å². The van der Waals surface area contributed by atoms with Crippen LogP contribution in [0.5, 0.6) is 0 Å². The lowest BCUT2D eigenvalue weighted by Crippen LogP contribution is -2.26. The molecule has 1 atom stereocenters. The van der Waals surface area contributed by atoms with Crippen molar-refractivity contribution >= 4 is 23.3 Å². The molecule has 1 rings (SSSR count). The van der Waals surface area contributed by atoms with Crippen LogP contribution in [0.1, 0.15) is 34.1 Å². The summed E-state index contributed by atoms with van der Waals surface area (Å²) in [6.45, 7) is 7.54. The molecule has 0 unspecified atom stereocenters. The van der Waals surface area contributed by atoms with Gasteiger partial charge in [-0.05, 0) is 12.1 Å². The lowest BCUT2D eigenvalue weighted by atomic mass is 9.98. The zero-order chi connectivity index (χ0) is 14.4. The van der Waals surface area contributed by atoms with Crippen LogP contribution in [0, 0.1) is 11.8 Å². The molecule has 0 N–H and O–H groups in total. The second-order valence-corrected chi connectivity index (χ2v) is 6.58. The molecule has 0 heterocycles. The number of carbonyl (C=O) groups excluding carboxylic acids is 2. The first-order valence-electron chi connectivity index (χ1n) is 6.70. The van der Waals surface area contributed by atoms with E-state index in [0.29, 0.717) is 6.42 Å². The average molecular weight is 278 g/mol. The van der Waals surface area contributed by atoms with Crippen molar-refractivity contribution in [2.24, 2.45) is 11.8 Å². The normalized spacial score (nSPS) is 12.7. The van der Waals surface area contributed by atoms with Crippen molar-refractivity contribution in [3.63, 3.8) is 0 Å². The first-order chi connectivity index (χ1) is 8.91. The Morgan fingerprint density at radius 3 is 2.05 bits per heavy atom. The monoisotopic (exact) mass is 278 g/mol. The SMILES string of the molecule is CC(C)C(=O)C[C@H](Sc1ccccc1)C(=O)C(C)C. The third kappa shape index (κ3) is 5.19. The molecule has 0 spiro atoms. The van der Waals surface area contributed by atoms with E-state index in [1.807, 2.05) is 58.0 Å². The van der Waals surface area contributed by atoms with Gasteiger partial charge in [-0.3, -0.25) is 9.59 Å². The van der Waals surface area contributed by atoms with Crippen molar-refractivity contribution in [2.45, 2.75) is 44.3 Å². The summed E-state index contributed by atoms with van der Waals surface area (Å²) in [4.78, 5) is 25.2. The summed E-state index contributed by atoms with van der Waals surface area (Å²) >= 11 is 1.50. The summed E-state index contributed by atoms with van der Waals surface area (Å²) in [6, 6.07) is 9.80. The maximum absolute atomic E-state index is 12.2. The van der Waals surface area contributed by atoms with E-state index in [1.54, 1.807) is 0 Å². The largest absolute Gasteiger partial charge is 0.299 e. The Balaban J connectivity index is 2.81. The molecule has 0 aromatic heterocycles. The standard InChI is InChI=1S/C16H22O2S/c1-11(2)14(17)10-15(16(18)12(3)4)19-13-8-6-5-7-9-13/h5-9,11-12,15H,10H2,1-4H3/t15-/m0/s1. The summed E-state index contributed by atoms with van der Waals surface area (Å²) in [6.07, 6.45) is 0.328. The second-order valence-electron chi connectivity index (χ2n) is 5.30. The van der Waals surface area contributed by atoms with Crippen molar-refractivity contribution in [2.75, 3.05) is 0 Å². The topological polar surface area (TPSA) is 34.1 Å². The van der Waals surface area contributed by atoms with Crippen LogP contribution in [0.4, 0.5) is 0 Å². The van der Waals surface area contributed by atoms with Crippen molar-refractivity contribution in [3.05, 3.63) is 30.3 Å². The molecule has 3 heteroatoms. The third-order valence-electron chi connectivity index (χ3n) is 2.94. The van der Waals surface area contributed by atoms with Gasteiger partial charge in [0.15, 0.2) is 0 Å². The van der Waals surface area contributed by atoms with Crippen LogP contribution in [-0.4, -0.2) is 16.8 Å². The molecule has 0 saturated carbocycles. The number of hydrogen-bond acceptors (Lipinski definition) is 3. The highest BCUT2D eigenvalue weighted by molar-refractivity contribution is 8.00. The third-order valence-corrected chi connectivity index (χ3v) is 4.17. The first kappa shape index (κ1) is 16.0. The molecule has 19 heavy (non-hydrogen) atoms. The predicted octanol–water partition coefficient (Wildman–Crippen LogP) is 3.99. The lowest BCUT2D eigenvalue weighted by Gasteiger charge is -2.18. The van der Waals surface area contributed by atoms with Crippen LogP contribution in [0.3, 0.4) is 0 Å². The lowest BCUT2D eigenvalue weighted by molar-refractivity contribution is -0.126. The molecule has 2 nitrogen and oxygen atoms in total. The minimum absolute atomic E-state index is 0.0150. The van der Waals surface area contributed by atoms with Crippen LogP contribution in [0.25, 0.3) is 0 Å². The number of ketones is 2. The summed E-state index contributed by atoms with van der Waals surface area (Å²) < 4.78 is 0. The van der Waals surface area contributed by atoms with Crippen LogP contribution in [-0.2, 0) is 9.59 Å². The van der Waals surface area contributed by atoms with Gasteiger partial charge >= 0.3 is 0 Å². The van der Waals surface area contributed by atoms with Gasteiger partial charge in [0.1, 0.15) is 11.6 Å². The van der Waals surface area contributed by atoms with E-state index >= 15 is 0 Å². The van der Waals surface area contributed by atoms with Gasteiger partial charge in [0.2, 0.25) is 0 Å². The molecule has 0 bridgehead atoms. The number of thioether (sulfide) groups is 1. The van der Waals surface area contributed by atoms with E-state index < -0.39 is 0 Å². The Morgan fingerprint density at radius 2 is 1.58 bits per heavy atom. The summed E-state index contributed by atoms with van der Waals surface area (Å²) in [5.41, 5.74) is 0. The van der Waals surface area contributed by atoms with Gasteiger partial charge in [0, 0.05) is 23.2 Å². The van der Waals surface area contributed by atoms with Crippen molar-refractivity contribution in [3.8, 4) is 0 Å². The fourth-order valence-electron chi connectivity index (χ4n) is 1.65. The Kier molecular flexibility index (Phi) is 6.29. The highest BCUT2D eigenvalue weighted by atomic mass is 32.2. The fraction of sp³-hybridized carbons (Fsp3) is 0.500. The van der Waals surface area contributed by atoms with E-state index in [9.17, 15) is 9.59 Å². The Labute approximate surface area is 120 Å². The van der Waals surface area contributed by atoms with Gasteiger partial charge < -0.3 is 0 Å². The van der Waals surface area contributed by atoms with Crippen molar-refractivity contribution in [1.29, 1.82) is 0 Å². The summed E-state index contributed by atoms with van der Waals surface area (Å²) in [5, 5.41) is -0.266. The maximum Gasteiger partial charge on any atom is 0.149 e. The molecule has 0 saturated heterocycles. The van der Waals surface area contributed by atoms with E-state index in [1.165, 1.54) is 11.8 Å². The number of carbonyl (C=O) groups is 2. The van der Waals surface area contributed by atoms with Gasteiger partial charge in [0.05, 0.1) is 5.25 Å². The molecular formula is C16H22O2S. The molecule has 0 radical (unpaired) electrons. The minimum atomic E-state index is -0.266. The smallest absolute Gasteiger partial charge is 0.149 e. The van der Waals surface area contributed by atoms with Crippen LogP contribution in [0.2, 0.25) is 0 Å². The Bertz CT molecular complexity index is 424. The molecule has 1 aromatic rings. The number of Topliss-reactive ketones (excluding diaryl/α,β-unsaturated/α-hetero) is 2. The molecule has 104 valence electrons. The van der Waals surface area contributed by atoms with Gasteiger partial charge in [-0.2, -0.15) is 0 Å². The molecule has 1 aromatic carbocycles. The fourth-order valence-corrected chi connectivity index (χ4v) is 2.93. The molecule has 0 amide bonds. The summed E-state index contributed by atoms with van der Waals surface area (Å²) in [7, 11) is 0. The van der Waals surface area contributed by atoms with E-state index in [-0.39, 0.29) is 28.7 Å². The Morgan fingerprint density at radius 1 is 1.00 bits per heavy atom. The maximum atomic E-state index is 12.2. The van der Waals surface area contributed by atoms with Crippen LogP contribution >= 0.6 is 11.8 Å². The number of benzene rings is 1. The zero-order valence-corrected chi connectivity index (χ0v) is 12.9.